The Morgan fingerprint density at radius 1 is 0.289 bits per heavy atom. The second kappa shape index (κ2) is 14.0. The van der Waals surface area contributed by atoms with Crippen molar-refractivity contribution in [3.63, 3.8) is 0 Å². The van der Waals surface area contributed by atoms with Gasteiger partial charge in [-0.1, -0.05) is 0 Å². The van der Waals surface area contributed by atoms with Crippen LogP contribution in [0.3, 0.4) is 0 Å². The number of hydrogen-bond acceptors (Lipinski definition) is 1. The minimum atomic E-state index is -1.69. The SMILES string of the molecule is [c]1ccc(N(c2ccc([As](c3ccccc3)c3ccccc3)cc2)c2ccc([As](c3ccccc3)c3ccccc3)cc2)cc1. The fraction of sp³-hybridized carbons (Fsp3) is 0. The zero-order chi connectivity index (χ0) is 30.3. The summed E-state index contributed by atoms with van der Waals surface area (Å²) in [5, 5.41) is 0. The van der Waals surface area contributed by atoms with Crippen molar-refractivity contribution in [2.45, 2.75) is 0 Å². The van der Waals surface area contributed by atoms with Crippen LogP contribution in [-0.2, 0) is 0 Å². The maximum atomic E-state index is 3.20. The molecule has 45 heavy (non-hydrogen) atoms. The van der Waals surface area contributed by atoms with Crippen molar-refractivity contribution < 1.29 is 0 Å². The molecular weight excluding hydrogens is 668 g/mol. The van der Waals surface area contributed by atoms with Crippen LogP contribution in [0.5, 0.6) is 0 Å². The van der Waals surface area contributed by atoms with Crippen LogP contribution in [0.15, 0.2) is 194 Å². The molecule has 7 rings (SSSR count). The predicted octanol–water partition coefficient (Wildman–Crippen LogP) is 5.99. The van der Waals surface area contributed by atoms with Crippen LogP contribution in [0.2, 0.25) is 0 Å². The molecule has 0 heterocycles. The second-order valence-electron chi connectivity index (χ2n) is 10.6. The molecule has 1 radical (unpaired) electrons. The molecule has 0 saturated carbocycles. The van der Waals surface area contributed by atoms with Gasteiger partial charge in [0.25, 0.3) is 0 Å². The van der Waals surface area contributed by atoms with E-state index < -0.39 is 29.3 Å². The van der Waals surface area contributed by atoms with Gasteiger partial charge in [0.15, 0.2) is 0 Å². The van der Waals surface area contributed by atoms with Crippen molar-refractivity contribution in [1.82, 2.24) is 0 Å². The summed E-state index contributed by atoms with van der Waals surface area (Å²) in [5.41, 5.74) is 3.41. The van der Waals surface area contributed by atoms with Crippen molar-refractivity contribution in [2.75, 3.05) is 4.90 Å². The third kappa shape index (κ3) is 6.62. The van der Waals surface area contributed by atoms with Gasteiger partial charge in [-0.2, -0.15) is 0 Å². The zero-order valence-corrected chi connectivity index (χ0v) is 28.6. The summed E-state index contributed by atoms with van der Waals surface area (Å²) in [6, 6.07) is 74.0. The molecule has 7 aromatic carbocycles. The summed E-state index contributed by atoms with van der Waals surface area (Å²) >= 11 is -3.39. The first kappa shape index (κ1) is 29.2. The van der Waals surface area contributed by atoms with E-state index in [1.54, 1.807) is 0 Å². The van der Waals surface area contributed by atoms with Crippen molar-refractivity contribution in [3.8, 4) is 0 Å². The van der Waals surface area contributed by atoms with Gasteiger partial charge in [0, 0.05) is 0 Å². The van der Waals surface area contributed by atoms with Crippen molar-refractivity contribution in [2.24, 2.45) is 0 Å². The van der Waals surface area contributed by atoms with Crippen LogP contribution in [0.1, 0.15) is 0 Å². The Bertz CT molecular complexity index is 1710. The number of hydrogen-bond donors (Lipinski definition) is 0. The molecule has 0 atom stereocenters. The molecule has 0 aliphatic rings. The Kier molecular flexibility index (Phi) is 9.11. The predicted molar refractivity (Wildman–Crippen MR) is 195 cm³/mol. The number of benzene rings is 7. The van der Waals surface area contributed by atoms with Gasteiger partial charge in [-0.3, -0.25) is 0 Å². The van der Waals surface area contributed by atoms with Crippen molar-refractivity contribution in [1.29, 1.82) is 0 Å². The molecule has 0 aromatic heterocycles. The Morgan fingerprint density at radius 3 is 0.867 bits per heavy atom. The third-order valence-corrected chi connectivity index (χ3v) is 18.0. The molecule has 0 spiro atoms. The Labute approximate surface area is 276 Å². The Balaban J connectivity index is 1.26. The van der Waals surface area contributed by atoms with Gasteiger partial charge in [0.05, 0.1) is 0 Å². The normalized spacial score (nSPS) is 11.1. The van der Waals surface area contributed by atoms with Crippen molar-refractivity contribution >= 4 is 72.5 Å². The summed E-state index contributed by atoms with van der Waals surface area (Å²) in [7, 11) is 0. The molecule has 1 nitrogen and oxygen atoms in total. The first-order valence-electron chi connectivity index (χ1n) is 15.1. The van der Waals surface area contributed by atoms with Gasteiger partial charge < -0.3 is 0 Å². The molecule has 0 aliphatic heterocycles. The first-order chi connectivity index (χ1) is 22.3. The first-order valence-corrected chi connectivity index (χ1v) is 20.7. The number of anilines is 3. The molecule has 0 unspecified atom stereocenters. The number of nitrogens with zero attached hydrogens (tertiary/aromatic N) is 1. The van der Waals surface area contributed by atoms with E-state index in [-0.39, 0.29) is 0 Å². The number of rotatable bonds is 9. The average Bonchev–Trinajstić information content (AvgIpc) is 3.12. The van der Waals surface area contributed by atoms with Crippen LogP contribution in [-0.4, -0.2) is 29.3 Å². The molecule has 0 aliphatic carbocycles. The van der Waals surface area contributed by atoms with E-state index in [0.717, 1.165) is 17.1 Å². The van der Waals surface area contributed by atoms with Gasteiger partial charge in [-0.15, -0.1) is 0 Å². The van der Waals surface area contributed by atoms with E-state index in [1.165, 1.54) is 26.1 Å². The summed E-state index contributed by atoms with van der Waals surface area (Å²) < 4.78 is 8.58. The molecule has 0 amide bonds. The quantitative estimate of drug-likeness (QED) is 0.168. The summed E-state index contributed by atoms with van der Waals surface area (Å²) in [5.74, 6) is 0. The van der Waals surface area contributed by atoms with Gasteiger partial charge >= 0.3 is 278 Å². The minimum absolute atomic E-state index is 1.12. The monoisotopic (exact) mass is 700 g/mol. The molecule has 0 fully saturated rings. The molecule has 0 N–H and O–H groups in total. The van der Waals surface area contributed by atoms with Crippen LogP contribution < -0.4 is 31.0 Å². The van der Waals surface area contributed by atoms with Gasteiger partial charge in [0.2, 0.25) is 0 Å². The van der Waals surface area contributed by atoms with Gasteiger partial charge in [0.1, 0.15) is 0 Å². The second-order valence-corrected chi connectivity index (χ2v) is 20.0. The topological polar surface area (TPSA) is 3.24 Å². The fourth-order valence-corrected chi connectivity index (χ4v) is 15.3. The van der Waals surface area contributed by atoms with Crippen LogP contribution in [0.25, 0.3) is 0 Å². The van der Waals surface area contributed by atoms with E-state index in [4.69, 9.17) is 0 Å². The van der Waals surface area contributed by atoms with Crippen LogP contribution >= 0.6 is 0 Å². The maximum absolute atomic E-state index is 3.20. The summed E-state index contributed by atoms with van der Waals surface area (Å²) in [6.45, 7) is 0. The third-order valence-electron chi connectivity index (χ3n) is 7.75. The van der Waals surface area contributed by atoms with E-state index in [1.807, 2.05) is 12.1 Å². The van der Waals surface area contributed by atoms with E-state index in [2.05, 4.69) is 193 Å². The molecular formula is C42H32As2N. The summed E-state index contributed by atoms with van der Waals surface area (Å²) in [4.78, 5) is 2.35. The van der Waals surface area contributed by atoms with Crippen molar-refractivity contribution in [3.05, 3.63) is 200 Å². The summed E-state index contributed by atoms with van der Waals surface area (Å²) in [6.07, 6.45) is 0. The fourth-order valence-electron chi connectivity index (χ4n) is 5.68. The average molecular weight is 701 g/mol. The zero-order valence-electron chi connectivity index (χ0n) is 24.8. The Hall–Kier alpha value is -4.54. The Morgan fingerprint density at radius 2 is 0.556 bits per heavy atom. The molecule has 0 bridgehead atoms. The molecule has 7 aromatic rings. The molecule has 0 saturated heterocycles. The van der Waals surface area contributed by atoms with E-state index >= 15 is 0 Å². The standard InChI is InChI=1S/C42H32As2N/c1-6-16-34(17-7-1)43(35-18-8-2-9-19-35)38-26-30-41(31-27-38)45(40-24-14-5-15-25-40)42-32-28-39(29-33-42)44(36-20-10-3-11-21-36)37-22-12-4-13-23-37/h1-4,6-33H. The van der Waals surface area contributed by atoms with Crippen LogP contribution in [0, 0.1) is 6.07 Å². The van der Waals surface area contributed by atoms with Gasteiger partial charge in [-0.05, 0) is 0 Å². The van der Waals surface area contributed by atoms with Crippen LogP contribution in [0.4, 0.5) is 17.1 Å². The van der Waals surface area contributed by atoms with E-state index in [0.29, 0.717) is 0 Å². The van der Waals surface area contributed by atoms with E-state index in [9.17, 15) is 0 Å². The molecule has 3 heteroatoms. The molecule has 215 valence electrons. The van der Waals surface area contributed by atoms with Gasteiger partial charge in [-0.25, -0.2) is 0 Å².